The fourth-order valence-corrected chi connectivity index (χ4v) is 5.90. The third kappa shape index (κ3) is 2.48. The van der Waals surface area contributed by atoms with Crippen LogP contribution in [0.1, 0.15) is 29.1 Å². The molecule has 1 saturated heterocycles. The van der Waals surface area contributed by atoms with E-state index in [1.165, 1.54) is 0 Å². The molecule has 5 nitrogen and oxygen atoms in total. The van der Waals surface area contributed by atoms with Gasteiger partial charge in [0.15, 0.2) is 0 Å². The first-order valence-corrected chi connectivity index (χ1v) is 10.6. The number of carbonyl (C=O) groups excluding carboxylic acids is 2. The maximum atomic E-state index is 13.1. The van der Waals surface area contributed by atoms with Crippen LogP contribution in [0.25, 0.3) is 10.9 Å². The van der Waals surface area contributed by atoms with Crippen molar-refractivity contribution in [3.05, 3.63) is 56.3 Å². The number of benzene rings is 1. The van der Waals surface area contributed by atoms with Crippen LogP contribution in [0.5, 0.6) is 0 Å². The Morgan fingerprint density at radius 2 is 2.04 bits per heavy atom. The molecule has 4 heterocycles. The van der Waals surface area contributed by atoms with Crippen molar-refractivity contribution < 1.29 is 9.59 Å². The molecule has 2 aromatic heterocycles. The Labute approximate surface area is 169 Å². The molecule has 0 bridgehead atoms. The normalized spacial score (nSPS) is 22.3. The average molecular weight is 444 g/mol. The smallest absolute Gasteiger partial charge is 0.246 e. The van der Waals surface area contributed by atoms with E-state index in [4.69, 9.17) is 0 Å². The minimum Gasteiger partial charge on any atom is -0.356 e. The summed E-state index contributed by atoms with van der Waals surface area (Å²) >= 11 is 5.15. The number of hydrogen-bond acceptors (Lipinski definition) is 3. The first-order valence-electron chi connectivity index (χ1n) is 9.03. The number of piperazine rings is 1. The minimum atomic E-state index is -0.441. The van der Waals surface area contributed by atoms with Gasteiger partial charge in [0.1, 0.15) is 12.1 Å². The van der Waals surface area contributed by atoms with Crippen LogP contribution in [0.15, 0.2) is 40.2 Å². The molecule has 2 aliphatic rings. The van der Waals surface area contributed by atoms with Gasteiger partial charge in [-0.2, -0.15) is 0 Å². The van der Waals surface area contributed by atoms with Crippen LogP contribution >= 0.6 is 27.3 Å². The predicted octanol–water partition coefficient (Wildman–Crippen LogP) is 3.70. The summed E-state index contributed by atoms with van der Waals surface area (Å²) in [6.07, 6.45) is 0.559. The van der Waals surface area contributed by atoms with Crippen LogP contribution in [0.3, 0.4) is 0 Å². The summed E-state index contributed by atoms with van der Waals surface area (Å²) in [5.74, 6) is 0.0638. The number of hydrogen-bond donors (Lipinski definition) is 1. The second kappa shape index (κ2) is 6.21. The number of amides is 2. The monoisotopic (exact) mass is 443 g/mol. The number of nitrogens with zero attached hydrogens (tertiary/aromatic N) is 2. The van der Waals surface area contributed by atoms with Crippen LogP contribution in [0.2, 0.25) is 0 Å². The minimum absolute atomic E-state index is 0.0141. The van der Waals surface area contributed by atoms with Crippen molar-refractivity contribution >= 4 is 50.0 Å². The van der Waals surface area contributed by atoms with Gasteiger partial charge in [-0.1, -0.05) is 18.2 Å². The number of para-hydroxylation sites is 1. The van der Waals surface area contributed by atoms with E-state index in [-0.39, 0.29) is 24.4 Å². The summed E-state index contributed by atoms with van der Waals surface area (Å²) in [7, 11) is 0. The topological polar surface area (TPSA) is 56.4 Å². The maximum Gasteiger partial charge on any atom is 0.246 e. The fraction of sp³-hybridized carbons (Fsp3) is 0.300. The van der Waals surface area contributed by atoms with E-state index in [0.717, 1.165) is 30.8 Å². The molecule has 1 aromatic carbocycles. The molecule has 2 aliphatic heterocycles. The number of halogens is 1. The van der Waals surface area contributed by atoms with Crippen LogP contribution < -0.4 is 0 Å². The summed E-state index contributed by atoms with van der Waals surface area (Å²) < 4.78 is 1.02. The molecule has 5 rings (SSSR count). The fourth-order valence-electron chi connectivity index (χ4n) is 4.36. The molecule has 1 fully saturated rings. The zero-order valence-electron chi connectivity index (χ0n) is 14.7. The Balaban J connectivity index is 1.74. The Bertz CT molecular complexity index is 1070. The lowest BCUT2D eigenvalue weighted by atomic mass is 9.88. The Morgan fingerprint density at radius 3 is 2.78 bits per heavy atom. The van der Waals surface area contributed by atoms with E-state index >= 15 is 0 Å². The van der Waals surface area contributed by atoms with Gasteiger partial charge in [-0.15, -0.1) is 11.3 Å². The number of aromatic amines is 1. The highest BCUT2D eigenvalue weighted by molar-refractivity contribution is 9.11. The summed E-state index contributed by atoms with van der Waals surface area (Å²) in [6.45, 7) is 2.64. The van der Waals surface area contributed by atoms with Crippen molar-refractivity contribution in [1.82, 2.24) is 14.8 Å². The quantitative estimate of drug-likeness (QED) is 0.656. The van der Waals surface area contributed by atoms with Crippen molar-refractivity contribution in [3.8, 4) is 0 Å². The highest BCUT2D eigenvalue weighted by Crippen LogP contribution is 2.44. The Morgan fingerprint density at radius 1 is 1.22 bits per heavy atom. The third-order valence-electron chi connectivity index (χ3n) is 5.59. The van der Waals surface area contributed by atoms with Gasteiger partial charge < -0.3 is 14.8 Å². The van der Waals surface area contributed by atoms with Gasteiger partial charge in [-0.25, -0.2) is 0 Å². The molecule has 0 spiro atoms. The third-order valence-corrected chi connectivity index (χ3v) is 7.26. The first kappa shape index (κ1) is 17.0. The number of H-pyrrole nitrogens is 1. The standard InChI is InChI=1S/C20H18BrN3O2S/c1-2-23-10-17(25)24-14(20(23)26)9-12-11-5-3-4-6-13(11)22-18(12)19(24)15-7-8-16(21)27-15/h3-8,14,19,22H,2,9-10H2,1H3/t14-,19+/m0/s1. The van der Waals surface area contributed by atoms with E-state index in [0.29, 0.717) is 13.0 Å². The van der Waals surface area contributed by atoms with E-state index in [1.54, 1.807) is 16.2 Å². The van der Waals surface area contributed by atoms with Crippen LogP contribution in [-0.2, 0) is 16.0 Å². The molecule has 0 aliphatic carbocycles. The van der Waals surface area contributed by atoms with Crippen LogP contribution in [0.4, 0.5) is 0 Å². The van der Waals surface area contributed by atoms with E-state index in [1.807, 2.05) is 36.1 Å². The molecule has 2 amide bonds. The number of aromatic nitrogens is 1. The van der Waals surface area contributed by atoms with Crippen LogP contribution in [-0.4, -0.2) is 45.7 Å². The van der Waals surface area contributed by atoms with Gasteiger partial charge in [-0.3, -0.25) is 9.59 Å². The summed E-state index contributed by atoms with van der Waals surface area (Å²) in [5, 5.41) is 1.14. The van der Waals surface area contributed by atoms with Crippen molar-refractivity contribution in [1.29, 1.82) is 0 Å². The number of fused-ring (bicyclic) bond motifs is 4. The number of likely N-dealkylation sites (N-methyl/N-ethyl adjacent to an activating group) is 1. The number of carbonyl (C=O) groups is 2. The average Bonchev–Trinajstić information content (AvgIpc) is 3.26. The molecule has 0 unspecified atom stereocenters. The SMILES string of the molecule is CCN1CC(=O)N2[C@H](c3ccc(Br)s3)c3[nH]c4ccccc4c3C[C@H]2C1=O. The highest BCUT2D eigenvalue weighted by Gasteiger charge is 2.48. The second-order valence-electron chi connectivity index (χ2n) is 6.98. The second-order valence-corrected chi connectivity index (χ2v) is 9.48. The molecular formula is C20H18BrN3O2S. The van der Waals surface area contributed by atoms with Gasteiger partial charge in [0.05, 0.1) is 10.3 Å². The predicted molar refractivity (Wildman–Crippen MR) is 109 cm³/mol. The van der Waals surface area contributed by atoms with Crippen molar-refractivity contribution in [2.45, 2.75) is 25.4 Å². The molecule has 1 N–H and O–H groups in total. The summed E-state index contributed by atoms with van der Waals surface area (Å²) in [6, 6.07) is 11.5. The molecule has 2 atom stereocenters. The Kier molecular flexibility index (Phi) is 3.91. The molecule has 0 radical (unpaired) electrons. The maximum absolute atomic E-state index is 13.1. The van der Waals surface area contributed by atoms with E-state index in [9.17, 15) is 9.59 Å². The Hall–Kier alpha value is -2.12. The summed E-state index contributed by atoms with van der Waals surface area (Å²) in [4.78, 5) is 34.3. The zero-order chi connectivity index (χ0) is 18.7. The van der Waals surface area contributed by atoms with E-state index in [2.05, 4.69) is 33.0 Å². The first-order chi connectivity index (χ1) is 13.1. The lowest BCUT2D eigenvalue weighted by Crippen LogP contribution is -2.62. The van der Waals surface area contributed by atoms with Gasteiger partial charge in [0.2, 0.25) is 11.8 Å². The lowest BCUT2D eigenvalue weighted by molar-refractivity contribution is -0.158. The van der Waals surface area contributed by atoms with Gasteiger partial charge in [0.25, 0.3) is 0 Å². The number of nitrogens with one attached hydrogen (secondary N) is 1. The number of thiophene rings is 1. The van der Waals surface area contributed by atoms with E-state index < -0.39 is 6.04 Å². The molecule has 3 aromatic rings. The molecule has 138 valence electrons. The summed E-state index contributed by atoms with van der Waals surface area (Å²) in [5.41, 5.74) is 3.24. The zero-order valence-corrected chi connectivity index (χ0v) is 17.1. The molecule has 7 heteroatoms. The van der Waals surface area contributed by atoms with Crippen molar-refractivity contribution in [2.75, 3.05) is 13.1 Å². The molecular weight excluding hydrogens is 426 g/mol. The number of rotatable bonds is 2. The van der Waals surface area contributed by atoms with Gasteiger partial charge in [-0.05, 0) is 46.6 Å². The largest absolute Gasteiger partial charge is 0.356 e. The van der Waals surface area contributed by atoms with Gasteiger partial charge in [0, 0.05) is 34.4 Å². The molecule has 0 saturated carbocycles. The van der Waals surface area contributed by atoms with Crippen molar-refractivity contribution in [3.63, 3.8) is 0 Å². The highest BCUT2D eigenvalue weighted by atomic mass is 79.9. The van der Waals surface area contributed by atoms with Gasteiger partial charge >= 0.3 is 0 Å². The van der Waals surface area contributed by atoms with Crippen molar-refractivity contribution in [2.24, 2.45) is 0 Å². The lowest BCUT2D eigenvalue weighted by Gasteiger charge is -2.46. The van der Waals surface area contributed by atoms with Crippen LogP contribution in [0, 0.1) is 0 Å². The molecule has 27 heavy (non-hydrogen) atoms.